The summed E-state index contributed by atoms with van der Waals surface area (Å²) in [5.74, 6) is 0.201. The summed E-state index contributed by atoms with van der Waals surface area (Å²) in [4.78, 5) is 15.9. The third-order valence-electron chi connectivity index (χ3n) is 5.50. The van der Waals surface area contributed by atoms with Gasteiger partial charge in [-0.3, -0.25) is 9.88 Å². The zero-order valence-corrected chi connectivity index (χ0v) is 19.2. The first kappa shape index (κ1) is 22.8. The minimum absolute atomic E-state index is 0.124. The number of fused-ring (bicyclic) bond motifs is 1. The van der Waals surface area contributed by atoms with Crippen LogP contribution >= 0.6 is 11.6 Å². The van der Waals surface area contributed by atoms with Crippen molar-refractivity contribution < 1.29 is 4.39 Å². The lowest BCUT2D eigenvalue weighted by atomic mass is 10.0. The van der Waals surface area contributed by atoms with Crippen LogP contribution in [0.2, 0.25) is 0 Å². The van der Waals surface area contributed by atoms with E-state index < -0.39 is 5.83 Å². The minimum atomic E-state index is -0.663. The Labute approximate surface area is 198 Å². The molecule has 4 rings (SSSR count). The Hall–Kier alpha value is -3.35. The van der Waals surface area contributed by atoms with Crippen molar-refractivity contribution in [2.24, 2.45) is 0 Å². The predicted octanol–water partition coefficient (Wildman–Crippen LogP) is 6.10. The van der Waals surface area contributed by atoms with Crippen LogP contribution in [0.15, 0.2) is 78.9 Å². The summed E-state index contributed by atoms with van der Waals surface area (Å²) in [5, 5.41) is 3.60. The van der Waals surface area contributed by atoms with E-state index in [1.165, 1.54) is 11.6 Å². The molecule has 1 aliphatic rings. The molecule has 0 saturated carbocycles. The molecule has 1 aromatic carbocycles. The molecule has 0 atom stereocenters. The molecule has 2 aromatic heterocycles. The van der Waals surface area contributed by atoms with Gasteiger partial charge in [0.15, 0.2) is 5.82 Å². The maximum absolute atomic E-state index is 14.3. The van der Waals surface area contributed by atoms with Gasteiger partial charge in [0.05, 0.1) is 11.3 Å². The van der Waals surface area contributed by atoms with Crippen LogP contribution in [-0.4, -0.2) is 26.4 Å². The standard InChI is InChI=1S/C26H25ClFN5/c1-17-14-29-11-9-23(17)30-26-22-16-33(15-20-7-5-4-6-8-20)12-10-24(22)31-25(32-26)21(19(3)28)13-18(2)27/h4-9,11,13-14H,2-3,10,12,15-16H2,1H3,(H,29,30,31,32)/b21-13+. The first-order valence-electron chi connectivity index (χ1n) is 10.7. The van der Waals surface area contributed by atoms with Gasteiger partial charge in [-0.15, -0.1) is 0 Å². The molecule has 0 amide bonds. The minimum Gasteiger partial charge on any atom is -0.340 e. The number of aromatic nitrogens is 3. The number of nitrogens with one attached hydrogen (secondary N) is 1. The molecule has 0 radical (unpaired) electrons. The average Bonchev–Trinajstić information content (AvgIpc) is 2.79. The Balaban J connectivity index is 1.75. The highest BCUT2D eigenvalue weighted by atomic mass is 35.5. The largest absolute Gasteiger partial charge is 0.340 e. The SMILES string of the molecule is C=C(Cl)/C=C(\C(=C)F)c1nc2c(c(Nc3ccncc3C)n1)CN(Cc1ccccc1)CC2. The fourth-order valence-corrected chi connectivity index (χ4v) is 3.94. The molecular formula is C26H25ClFN5. The fraction of sp³-hybridized carbons (Fsp3) is 0.192. The van der Waals surface area contributed by atoms with Gasteiger partial charge in [0, 0.05) is 54.7 Å². The van der Waals surface area contributed by atoms with E-state index in [4.69, 9.17) is 21.6 Å². The number of hydrogen-bond donors (Lipinski definition) is 1. The van der Waals surface area contributed by atoms with Crippen molar-refractivity contribution in [1.82, 2.24) is 19.9 Å². The molecule has 0 aliphatic carbocycles. The van der Waals surface area contributed by atoms with E-state index in [2.05, 4.69) is 40.5 Å². The van der Waals surface area contributed by atoms with Crippen molar-refractivity contribution in [2.75, 3.05) is 11.9 Å². The van der Waals surface area contributed by atoms with Gasteiger partial charge in [0.25, 0.3) is 0 Å². The maximum atomic E-state index is 14.3. The van der Waals surface area contributed by atoms with Crippen molar-refractivity contribution in [3.05, 3.63) is 107 Å². The quantitative estimate of drug-likeness (QED) is 0.431. The van der Waals surface area contributed by atoms with Crippen LogP contribution in [0, 0.1) is 6.92 Å². The van der Waals surface area contributed by atoms with Crippen molar-refractivity contribution >= 4 is 28.7 Å². The predicted molar refractivity (Wildman–Crippen MR) is 132 cm³/mol. The summed E-state index contributed by atoms with van der Waals surface area (Å²) in [5.41, 5.74) is 5.10. The lowest BCUT2D eigenvalue weighted by Crippen LogP contribution is -2.32. The Morgan fingerprint density at radius 2 is 2.00 bits per heavy atom. The molecule has 1 aliphatic heterocycles. The fourth-order valence-electron chi connectivity index (χ4n) is 3.83. The first-order chi connectivity index (χ1) is 15.9. The zero-order chi connectivity index (χ0) is 23.4. The first-order valence-corrected chi connectivity index (χ1v) is 11.0. The van der Waals surface area contributed by atoms with Crippen LogP contribution in [0.3, 0.4) is 0 Å². The van der Waals surface area contributed by atoms with Crippen LogP contribution < -0.4 is 5.32 Å². The lowest BCUT2D eigenvalue weighted by Gasteiger charge is -2.30. The van der Waals surface area contributed by atoms with E-state index in [9.17, 15) is 4.39 Å². The molecule has 1 N–H and O–H groups in total. The number of hydrogen-bond acceptors (Lipinski definition) is 5. The number of nitrogens with zero attached hydrogens (tertiary/aromatic N) is 4. The van der Waals surface area contributed by atoms with Crippen molar-refractivity contribution in [2.45, 2.75) is 26.4 Å². The van der Waals surface area contributed by atoms with E-state index in [0.717, 1.165) is 42.0 Å². The third kappa shape index (κ3) is 5.53. The Morgan fingerprint density at radius 3 is 2.70 bits per heavy atom. The van der Waals surface area contributed by atoms with E-state index in [1.807, 2.05) is 31.2 Å². The summed E-state index contributed by atoms with van der Waals surface area (Å²) in [6.07, 6.45) is 5.62. The lowest BCUT2D eigenvalue weighted by molar-refractivity contribution is 0.243. The molecule has 7 heteroatoms. The van der Waals surface area contributed by atoms with Gasteiger partial charge in [-0.05, 0) is 30.2 Å². The van der Waals surface area contributed by atoms with Gasteiger partial charge >= 0.3 is 0 Å². The molecule has 3 heterocycles. The number of halogens is 2. The number of aryl methyl sites for hydroxylation is 1. The smallest absolute Gasteiger partial charge is 0.164 e. The Bertz CT molecular complexity index is 1220. The molecular weight excluding hydrogens is 437 g/mol. The van der Waals surface area contributed by atoms with Crippen molar-refractivity contribution in [3.63, 3.8) is 0 Å². The van der Waals surface area contributed by atoms with Crippen molar-refractivity contribution in [3.8, 4) is 0 Å². The van der Waals surface area contributed by atoms with Gasteiger partial charge in [0.1, 0.15) is 11.6 Å². The normalized spacial score (nSPS) is 14.0. The number of benzene rings is 1. The van der Waals surface area contributed by atoms with Crippen LogP contribution in [-0.2, 0) is 19.5 Å². The van der Waals surface area contributed by atoms with E-state index in [-0.39, 0.29) is 16.4 Å². The summed E-state index contributed by atoms with van der Waals surface area (Å²) in [7, 11) is 0. The molecule has 0 bridgehead atoms. The molecule has 168 valence electrons. The second-order valence-corrected chi connectivity index (χ2v) is 8.48. The van der Waals surface area contributed by atoms with E-state index in [0.29, 0.717) is 12.4 Å². The van der Waals surface area contributed by atoms with Crippen LogP contribution in [0.1, 0.15) is 28.2 Å². The molecule has 0 saturated heterocycles. The second-order valence-electron chi connectivity index (χ2n) is 7.99. The maximum Gasteiger partial charge on any atom is 0.164 e. The average molecular weight is 462 g/mol. The molecule has 0 spiro atoms. The van der Waals surface area contributed by atoms with Gasteiger partial charge in [0.2, 0.25) is 0 Å². The van der Waals surface area contributed by atoms with Gasteiger partial charge in [-0.1, -0.05) is 55.1 Å². The highest BCUT2D eigenvalue weighted by molar-refractivity contribution is 6.31. The molecule has 0 fully saturated rings. The summed E-state index contributed by atoms with van der Waals surface area (Å²) < 4.78 is 14.3. The summed E-state index contributed by atoms with van der Waals surface area (Å²) >= 11 is 5.93. The van der Waals surface area contributed by atoms with Gasteiger partial charge < -0.3 is 5.32 Å². The Morgan fingerprint density at radius 1 is 1.21 bits per heavy atom. The molecule has 3 aromatic rings. The summed E-state index contributed by atoms with van der Waals surface area (Å²) in [6, 6.07) is 12.2. The third-order valence-corrected chi connectivity index (χ3v) is 5.60. The van der Waals surface area contributed by atoms with E-state index in [1.54, 1.807) is 12.4 Å². The summed E-state index contributed by atoms with van der Waals surface area (Å²) in [6.45, 7) is 11.4. The zero-order valence-electron chi connectivity index (χ0n) is 18.5. The highest BCUT2D eigenvalue weighted by Gasteiger charge is 2.24. The molecule has 5 nitrogen and oxygen atoms in total. The Kier molecular flexibility index (Phi) is 6.96. The monoisotopic (exact) mass is 461 g/mol. The number of rotatable bonds is 7. The van der Waals surface area contributed by atoms with Crippen LogP contribution in [0.25, 0.3) is 5.57 Å². The van der Waals surface area contributed by atoms with Gasteiger partial charge in [-0.2, -0.15) is 0 Å². The molecule has 33 heavy (non-hydrogen) atoms. The van der Waals surface area contributed by atoms with E-state index >= 15 is 0 Å². The number of allylic oxidation sites excluding steroid dienone is 4. The molecule has 0 unspecified atom stereocenters. The highest BCUT2D eigenvalue weighted by Crippen LogP contribution is 2.31. The van der Waals surface area contributed by atoms with Crippen LogP contribution in [0.5, 0.6) is 0 Å². The van der Waals surface area contributed by atoms with Crippen LogP contribution in [0.4, 0.5) is 15.9 Å². The van der Waals surface area contributed by atoms with Gasteiger partial charge in [-0.25, -0.2) is 14.4 Å². The number of pyridine rings is 1. The second kappa shape index (κ2) is 10.1. The number of anilines is 2. The van der Waals surface area contributed by atoms with Crippen molar-refractivity contribution in [1.29, 1.82) is 0 Å². The topological polar surface area (TPSA) is 53.9 Å².